The predicted octanol–water partition coefficient (Wildman–Crippen LogP) is 1.72. The van der Waals surface area contributed by atoms with E-state index in [1.54, 1.807) is 10.9 Å². The van der Waals surface area contributed by atoms with Gasteiger partial charge in [-0.3, -0.25) is 0 Å². The highest BCUT2D eigenvalue weighted by Gasteiger charge is 2.10. The van der Waals surface area contributed by atoms with Crippen LogP contribution < -0.4 is 0 Å². The molecule has 0 atom stereocenters. The number of para-hydroxylation sites is 1. The molecule has 0 saturated carbocycles. The van der Waals surface area contributed by atoms with Crippen molar-refractivity contribution in [1.29, 1.82) is 0 Å². The van der Waals surface area contributed by atoms with Crippen LogP contribution >= 0.6 is 0 Å². The number of benzene rings is 1. The maximum Gasteiger partial charge on any atom is 0.159 e. The highest BCUT2D eigenvalue weighted by Crippen LogP contribution is 2.17. The Hall–Kier alpha value is -2.17. The lowest BCUT2D eigenvalue weighted by Crippen LogP contribution is -1.96. The largest absolute Gasteiger partial charge is 0.359 e. The van der Waals surface area contributed by atoms with Crippen LogP contribution in [-0.2, 0) is 0 Å². The Labute approximate surface area is 85.3 Å². The van der Waals surface area contributed by atoms with E-state index in [4.69, 9.17) is 4.52 Å². The molecular weight excluding hydrogens is 192 g/mol. The third-order valence-electron chi connectivity index (χ3n) is 2.31. The first kappa shape index (κ1) is 8.16. The summed E-state index contributed by atoms with van der Waals surface area (Å²) in [6.45, 7) is 1.85. The van der Waals surface area contributed by atoms with E-state index in [0.717, 1.165) is 22.5 Å². The highest BCUT2D eigenvalue weighted by molar-refractivity contribution is 5.75. The van der Waals surface area contributed by atoms with E-state index in [1.807, 2.05) is 31.2 Å². The van der Waals surface area contributed by atoms with E-state index in [9.17, 15) is 0 Å². The van der Waals surface area contributed by atoms with Crippen molar-refractivity contribution >= 4 is 11.0 Å². The van der Waals surface area contributed by atoms with Crippen molar-refractivity contribution in [3.05, 3.63) is 36.2 Å². The molecule has 3 rings (SSSR count). The Bertz CT molecular complexity index is 610. The first-order valence-electron chi connectivity index (χ1n) is 4.58. The standard InChI is InChI=1S/C10H8N4O/c1-7-10(6-11-15-7)14-9-5-3-2-4-8(9)12-13-14/h2-6H,1H3. The Morgan fingerprint density at radius 1 is 1.27 bits per heavy atom. The van der Waals surface area contributed by atoms with Gasteiger partial charge in [0.1, 0.15) is 11.2 Å². The van der Waals surface area contributed by atoms with Crippen LogP contribution in [0.1, 0.15) is 5.76 Å². The van der Waals surface area contributed by atoms with Crippen molar-refractivity contribution in [2.45, 2.75) is 6.92 Å². The second-order valence-corrected chi connectivity index (χ2v) is 3.26. The predicted molar refractivity (Wildman–Crippen MR) is 53.7 cm³/mol. The minimum atomic E-state index is 0.727. The summed E-state index contributed by atoms with van der Waals surface area (Å²) in [5.41, 5.74) is 2.63. The molecule has 5 heteroatoms. The quantitative estimate of drug-likeness (QED) is 0.600. The van der Waals surface area contributed by atoms with Gasteiger partial charge in [-0.1, -0.05) is 22.5 Å². The lowest BCUT2D eigenvalue weighted by atomic mass is 10.3. The van der Waals surface area contributed by atoms with Crippen LogP contribution in [0.5, 0.6) is 0 Å². The summed E-state index contributed by atoms with van der Waals surface area (Å²) in [5, 5.41) is 11.8. The van der Waals surface area contributed by atoms with Crippen LogP contribution in [-0.4, -0.2) is 20.2 Å². The van der Waals surface area contributed by atoms with Crippen molar-refractivity contribution < 1.29 is 4.52 Å². The molecule has 2 aromatic heterocycles. The first-order chi connectivity index (χ1) is 7.36. The molecule has 1 aromatic carbocycles. The third-order valence-corrected chi connectivity index (χ3v) is 2.31. The van der Waals surface area contributed by atoms with Crippen LogP contribution in [0.4, 0.5) is 0 Å². The topological polar surface area (TPSA) is 56.7 Å². The zero-order chi connectivity index (χ0) is 10.3. The normalized spacial score (nSPS) is 11.0. The van der Waals surface area contributed by atoms with Crippen LogP contribution in [0.15, 0.2) is 35.0 Å². The maximum atomic E-state index is 5.00. The molecule has 0 aliphatic carbocycles. The molecule has 0 spiro atoms. The van der Waals surface area contributed by atoms with Crippen molar-refractivity contribution in [2.75, 3.05) is 0 Å². The van der Waals surface area contributed by atoms with E-state index in [0.29, 0.717) is 0 Å². The minimum Gasteiger partial charge on any atom is -0.359 e. The molecular formula is C10H8N4O. The monoisotopic (exact) mass is 200 g/mol. The Balaban J connectivity index is 2.32. The van der Waals surface area contributed by atoms with Gasteiger partial charge >= 0.3 is 0 Å². The number of aryl methyl sites for hydroxylation is 1. The molecule has 0 N–H and O–H groups in total. The van der Waals surface area contributed by atoms with Gasteiger partial charge in [-0.15, -0.1) is 5.10 Å². The molecule has 5 nitrogen and oxygen atoms in total. The molecule has 0 saturated heterocycles. The van der Waals surface area contributed by atoms with Crippen LogP contribution in [0.25, 0.3) is 16.7 Å². The lowest BCUT2D eigenvalue weighted by Gasteiger charge is -1.96. The summed E-state index contributed by atoms with van der Waals surface area (Å²) < 4.78 is 6.72. The van der Waals surface area contributed by atoms with Gasteiger partial charge in [0.25, 0.3) is 0 Å². The minimum absolute atomic E-state index is 0.727. The van der Waals surface area contributed by atoms with Gasteiger partial charge in [0.2, 0.25) is 0 Å². The van der Waals surface area contributed by atoms with Crippen LogP contribution in [0, 0.1) is 6.92 Å². The van der Waals surface area contributed by atoms with E-state index in [1.165, 1.54) is 0 Å². The summed E-state index contributed by atoms with van der Waals surface area (Å²) in [4.78, 5) is 0. The van der Waals surface area contributed by atoms with Gasteiger partial charge in [-0.05, 0) is 19.1 Å². The van der Waals surface area contributed by atoms with Gasteiger partial charge in [0, 0.05) is 0 Å². The molecule has 0 bridgehead atoms. The SMILES string of the molecule is Cc1oncc1-n1nnc2ccccc21. The van der Waals surface area contributed by atoms with Crippen LogP contribution in [0.3, 0.4) is 0 Å². The van der Waals surface area contributed by atoms with E-state index >= 15 is 0 Å². The average Bonchev–Trinajstić information content (AvgIpc) is 2.83. The summed E-state index contributed by atoms with van der Waals surface area (Å²) in [6.07, 6.45) is 1.64. The third kappa shape index (κ3) is 1.13. The fraction of sp³-hybridized carbons (Fsp3) is 0.100. The summed E-state index contributed by atoms with van der Waals surface area (Å²) in [5.74, 6) is 0.727. The van der Waals surface area contributed by atoms with Crippen LogP contribution in [0.2, 0.25) is 0 Å². The van der Waals surface area contributed by atoms with Crippen molar-refractivity contribution in [3.8, 4) is 5.69 Å². The Morgan fingerprint density at radius 3 is 2.93 bits per heavy atom. The Kier molecular flexibility index (Phi) is 1.58. The zero-order valence-electron chi connectivity index (χ0n) is 8.08. The van der Waals surface area contributed by atoms with Gasteiger partial charge < -0.3 is 4.52 Å². The maximum absolute atomic E-state index is 5.00. The number of aromatic nitrogens is 4. The molecule has 0 radical (unpaired) electrons. The number of hydrogen-bond acceptors (Lipinski definition) is 4. The smallest absolute Gasteiger partial charge is 0.159 e. The second-order valence-electron chi connectivity index (χ2n) is 3.26. The molecule has 0 amide bonds. The fourth-order valence-electron chi connectivity index (χ4n) is 1.54. The van der Waals surface area contributed by atoms with E-state index in [2.05, 4.69) is 15.5 Å². The van der Waals surface area contributed by atoms with Crippen molar-refractivity contribution in [2.24, 2.45) is 0 Å². The average molecular weight is 200 g/mol. The van der Waals surface area contributed by atoms with E-state index in [-0.39, 0.29) is 0 Å². The number of rotatable bonds is 1. The molecule has 2 heterocycles. The molecule has 0 unspecified atom stereocenters. The molecule has 3 aromatic rings. The van der Waals surface area contributed by atoms with Crippen molar-refractivity contribution in [1.82, 2.24) is 20.2 Å². The second kappa shape index (κ2) is 2.91. The molecule has 0 aliphatic rings. The molecule has 15 heavy (non-hydrogen) atoms. The number of nitrogens with zero attached hydrogens (tertiary/aromatic N) is 4. The van der Waals surface area contributed by atoms with Gasteiger partial charge in [0.05, 0.1) is 11.7 Å². The first-order valence-corrected chi connectivity index (χ1v) is 4.58. The van der Waals surface area contributed by atoms with Gasteiger partial charge in [0.15, 0.2) is 5.76 Å². The fourth-order valence-corrected chi connectivity index (χ4v) is 1.54. The molecule has 0 aliphatic heterocycles. The molecule has 74 valence electrons. The van der Waals surface area contributed by atoms with Crippen molar-refractivity contribution in [3.63, 3.8) is 0 Å². The number of hydrogen-bond donors (Lipinski definition) is 0. The van der Waals surface area contributed by atoms with E-state index < -0.39 is 0 Å². The number of fused-ring (bicyclic) bond motifs is 1. The summed E-state index contributed by atoms with van der Waals surface area (Å²) in [6, 6.07) is 7.76. The summed E-state index contributed by atoms with van der Waals surface area (Å²) >= 11 is 0. The van der Waals surface area contributed by atoms with Gasteiger partial charge in [-0.2, -0.15) is 0 Å². The summed E-state index contributed by atoms with van der Waals surface area (Å²) in [7, 11) is 0. The lowest BCUT2D eigenvalue weighted by molar-refractivity contribution is 0.396. The van der Waals surface area contributed by atoms with Gasteiger partial charge in [-0.25, -0.2) is 4.68 Å². The molecule has 0 fully saturated rings. The Morgan fingerprint density at radius 2 is 2.13 bits per heavy atom. The zero-order valence-corrected chi connectivity index (χ0v) is 8.08. The highest BCUT2D eigenvalue weighted by atomic mass is 16.5.